The molecular formula is C23H19Cl2N3O4. The van der Waals surface area contributed by atoms with E-state index in [0.29, 0.717) is 34.5 Å². The van der Waals surface area contributed by atoms with Gasteiger partial charge in [-0.15, -0.1) is 0 Å². The van der Waals surface area contributed by atoms with Gasteiger partial charge in [0, 0.05) is 41.2 Å². The van der Waals surface area contributed by atoms with Crippen molar-refractivity contribution in [1.82, 2.24) is 4.90 Å². The molecule has 3 aromatic rings. The number of anilines is 2. The Morgan fingerprint density at radius 3 is 2.47 bits per heavy atom. The Morgan fingerprint density at radius 2 is 1.81 bits per heavy atom. The summed E-state index contributed by atoms with van der Waals surface area (Å²) in [6.07, 6.45) is -1.19. The summed E-state index contributed by atoms with van der Waals surface area (Å²) in [6.45, 7) is 1.31. The van der Waals surface area contributed by atoms with Gasteiger partial charge in [0.25, 0.3) is 5.69 Å². The highest BCUT2D eigenvalue weighted by atomic mass is 35.5. The number of halogens is 2. The molecule has 0 radical (unpaired) electrons. The Hall–Kier alpha value is -3.13. The summed E-state index contributed by atoms with van der Waals surface area (Å²) in [6, 6.07) is 16.3. The molecule has 0 bridgehead atoms. The molecule has 1 heterocycles. The molecule has 9 heteroatoms. The average molecular weight is 472 g/mol. The van der Waals surface area contributed by atoms with E-state index in [1.807, 2.05) is 25.2 Å². The summed E-state index contributed by atoms with van der Waals surface area (Å²) in [4.78, 5) is 26.1. The average Bonchev–Trinajstić information content (AvgIpc) is 2.74. The van der Waals surface area contributed by atoms with E-state index >= 15 is 0 Å². The number of likely N-dealkylation sites (N-methyl/N-ethyl adjacent to an activating group) is 1. The fourth-order valence-electron chi connectivity index (χ4n) is 4.17. The van der Waals surface area contributed by atoms with Crippen LogP contribution in [-0.2, 0) is 6.54 Å². The lowest BCUT2D eigenvalue weighted by atomic mass is 9.83. The number of hydrogen-bond acceptors (Lipinski definition) is 4. The third kappa shape index (κ3) is 4.14. The first-order chi connectivity index (χ1) is 15.3. The third-order valence-corrected chi connectivity index (χ3v) is 6.11. The highest BCUT2D eigenvalue weighted by Gasteiger charge is 2.31. The van der Waals surface area contributed by atoms with Gasteiger partial charge < -0.3 is 10.0 Å². The molecule has 1 N–H and O–H groups in total. The van der Waals surface area contributed by atoms with Crippen LogP contribution in [0.2, 0.25) is 10.0 Å². The lowest BCUT2D eigenvalue weighted by Gasteiger charge is -2.35. The molecule has 7 nitrogen and oxygen atoms in total. The normalized spacial score (nSPS) is 15.8. The van der Waals surface area contributed by atoms with Crippen LogP contribution in [0.1, 0.15) is 22.6 Å². The van der Waals surface area contributed by atoms with E-state index in [9.17, 15) is 20.0 Å². The van der Waals surface area contributed by atoms with Crippen molar-refractivity contribution < 1.29 is 14.8 Å². The minimum absolute atomic E-state index is 0.112. The van der Waals surface area contributed by atoms with Crippen molar-refractivity contribution in [3.63, 3.8) is 0 Å². The summed E-state index contributed by atoms with van der Waals surface area (Å²) in [5.41, 5.74) is 3.38. The molecule has 0 saturated carbocycles. The van der Waals surface area contributed by atoms with Crippen LogP contribution >= 0.6 is 23.2 Å². The van der Waals surface area contributed by atoms with Crippen LogP contribution in [0, 0.1) is 10.1 Å². The summed E-state index contributed by atoms with van der Waals surface area (Å²) >= 11 is 12.8. The Bertz CT molecular complexity index is 1200. The smallest absolute Gasteiger partial charge is 0.416 e. The fourth-order valence-corrected chi connectivity index (χ4v) is 4.74. The summed E-state index contributed by atoms with van der Waals surface area (Å²) < 4.78 is 0. The van der Waals surface area contributed by atoms with E-state index in [2.05, 4.69) is 4.90 Å². The van der Waals surface area contributed by atoms with Crippen LogP contribution in [-0.4, -0.2) is 34.6 Å². The predicted octanol–water partition coefficient (Wildman–Crippen LogP) is 6.30. The predicted molar refractivity (Wildman–Crippen MR) is 124 cm³/mol. The van der Waals surface area contributed by atoms with Gasteiger partial charge in [-0.1, -0.05) is 41.4 Å². The molecule has 0 saturated heterocycles. The molecule has 1 atom stereocenters. The van der Waals surface area contributed by atoms with E-state index in [1.165, 1.54) is 24.3 Å². The first kappa shape index (κ1) is 22.1. The Labute approximate surface area is 194 Å². The van der Waals surface area contributed by atoms with Crippen molar-refractivity contribution in [1.29, 1.82) is 0 Å². The molecule has 0 unspecified atom stereocenters. The van der Waals surface area contributed by atoms with Gasteiger partial charge in [-0.25, -0.2) is 9.69 Å². The van der Waals surface area contributed by atoms with Crippen molar-refractivity contribution in [2.45, 2.75) is 12.5 Å². The number of hydrogen-bond donors (Lipinski definition) is 1. The van der Waals surface area contributed by atoms with E-state index in [-0.39, 0.29) is 11.6 Å². The van der Waals surface area contributed by atoms with Gasteiger partial charge in [0.2, 0.25) is 0 Å². The summed E-state index contributed by atoms with van der Waals surface area (Å²) in [5.74, 6) is -0.170. The fraction of sp³-hybridized carbons (Fsp3) is 0.174. The quantitative estimate of drug-likeness (QED) is 0.356. The van der Waals surface area contributed by atoms with Gasteiger partial charge in [-0.2, -0.15) is 0 Å². The van der Waals surface area contributed by atoms with Crippen LogP contribution in [0.4, 0.5) is 21.9 Å². The molecule has 3 aromatic carbocycles. The number of para-hydroxylation sites is 1. The van der Waals surface area contributed by atoms with E-state index in [0.717, 1.165) is 21.6 Å². The molecule has 1 amide bonds. The monoisotopic (exact) mass is 471 g/mol. The molecule has 164 valence electrons. The number of carboxylic acid groups (broad SMARTS) is 1. The molecule has 4 rings (SSSR count). The second-order valence-corrected chi connectivity index (χ2v) is 8.50. The SMILES string of the molecule is CN1Cc2c(Cl)cc(Cl)cc2[C@H](c2ccccc2N(C(=O)O)c2ccc([N+](=O)[O-])cc2)C1. The van der Waals surface area contributed by atoms with Crippen molar-refractivity contribution in [2.24, 2.45) is 0 Å². The lowest BCUT2D eigenvalue weighted by Crippen LogP contribution is -2.33. The maximum absolute atomic E-state index is 12.3. The number of nitro benzene ring substituents is 1. The van der Waals surface area contributed by atoms with Gasteiger partial charge in [-0.05, 0) is 54.1 Å². The molecule has 0 fully saturated rings. The number of benzene rings is 3. The van der Waals surface area contributed by atoms with Gasteiger partial charge in [0.15, 0.2) is 0 Å². The van der Waals surface area contributed by atoms with Crippen molar-refractivity contribution >= 4 is 46.4 Å². The number of amides is 1. The second-order valence-electron chi connectivity index (χ2n) is 7.66. The summed E-state index contributed by atoms with van der Waals surface area (Å²) in [7, 11) is 1.98. The van der Waals surface area contributed by atoms with Gasteiger partial charge >= 0.3 is 6.09 Å². The van der Waals surface area contributed by atoms with E-state index < -0.39 is 11.0 Å². The van der Waals surface area contributed by atoms with Crippen molar-refractivity contribution in [2.75, 3.05) is 18.5 Å². The molecule has 1 aliphatic rings. The molecule has 0 aromatic heterocycles. The standard InChI is InChI=1S/C23H19Cl2N3O4/c1-26-12-19(18-10-14(24)11-21(25)20(18)13-26)17-4-2-3-5-22(17)27(23(29)30)15-6-8-16(9-7-15)28(31)32/h2-11,19H,12-13H2,1H3,(H,29,30)/t19-/m0/s1. The van der Waals surface area contributed by atoms with Gasteiger partial charge in [-0.3, -0.25) is 10.1 Å². The Morgan fingerprint density at radius 1 is 1.12 bits per heavy atom. The highest BCUT2D eigenvalue weighted by Crippen LogP contribution is 2.42. The van der Waals surface area contributed by atoms with Crippen molar-refractivity contribution in [3.8, 4) is 0 Å². The topological polar surface area (TPSA) is 86.9 Å². The first-order valence-corrected chi connectivity index (χ1v) is 10.5. The molecular weight excluding hydrogens is 453 g/mol. The number of carbonyl (C=O) groups is 1. The minimum Gasteiger partial charge on any atom is -0.464 e. The third-order valence-electron chi connectivity index (χ3n) is 5.56. The lowest BCUT2D eigenvalue weighted by molar-refractivity contribution is -0.384. The largest absolute Gasteiger partial charge is 0.464 e. The number of non-ortho nitro benzene ring substituents is 1. The Balaban J connectivity index is 1.86. The number of rotatable bonds is 4. The zero-order valence-corrected chi connectivity index (χ0v) is 18.5. The minimum atomic E-state index is -1.19. The zero-order chi connectivity index (χ0) is 23.0. The van der Waals surface area contributed by atoms with Crippen LogP contribution in [0.15, 0.2) is 60.7 Å². The van der Waals surface area contributed by atoms with Crippen LogP contribution in [0.5, 0.6) is 0 Å². The number of fused-ring (bicyclic) bond motifs is 1. The van der Waals surface area contributed by atoms with Crippen molar-refractivity contribution in [3.05, 3.63) is 97.5 Å². The highest BCUT2D eigenvalue weighted by molar-refractivity contribution is 6.35. The van der Waals surface area contributed by atoms with Gasteiger partial charge in [0.1, 0.15) is 0 Å². The first-order valence-electron chi connectivity index (χ1n) is 9.79. The maximum Gasteiger partial charge on any atom is 0.416 e. The molecule has 1 aliphatic heterocycles. The number of nitro groups is 1. The van der Waals surface area contributed by atoms with Gasteiger partial charge in [0.05, 0.1) is 16.3 Å². The van der Waals surface area contributed by atoms with E-state index in [4.69, 9.17) is 23.2 Å². The molecule has 0 spiro atoms. The second kappa shape index (κ2) is 8.78. The zero-order valence-electron chi connectivity index (χ0n) is 17.0. The maximum atomic E-state index is 12.3. The molecule has 32 heavy (non-hydrogen) atoms. The van der Waals surface area contributed by atoms with Crippen LogP contribution in [0.25, 0.3) is 0 Å². The van der Waals surface area contributed by atoms with Crippen LogP contribution < -0.4 is 4.90 Å². The van der Waals surface area contributed by atoms with Crippen LogP contribution in [0.3, 0.4) is 0 Å². The summed E-state index contributed by atoms with van der Waals surface area (Å²) in [5, 5.41) is 22.2. The number of nitrogens with zero attached hydrogens (tertiary/aromatic N) is 3. The van der Waals surface area contributed by atoms with E-state index in [1.54, 1.807) is 18.2 Å². The Kier molecular flexibility index (Phi) is 6.06. The molecule has 0 aliphatic carbocycles.